The quantitative estimate of drug-likeness (QED) is 0.645. The molecule has 0 amide bonds. The summed E-state index contributed by atoms with van der Waals surface area (Å²) in [5.41, 5.74) is 2.90. The maximum Gasteiger partial charge on any atom is 0.129 e. The molecule has 0 aliphatic rings. The van der Waals surface area contributed by atoms with Gasteiger partial charge in [-0.05, 0) is 42.2 Å². The van der Waals surface area contributed by atoms with Crippen molar-refractivity contribution in [1.29, 1.82) is 0 Å². The van der Waals surface area contributed by atoms with Crippen molar-refractivity contribution in [1.82, 2.24) is 0 Å². The number of halogens is 3. The molecule has 0 saturated carbocycles. The Morgan fingerprint density at radius 3 is 2.17 bits per heavy atom. The van der Waals surface area contributed by atoms with Crippen LogP contribution >= 0.6 is 23.2 Å². The molecule has 1 atom stereocenters. The van der Waals surface area contributed by atoms with E-state index in [0.717, 1.165) is 11.1 Å². The summed E-state index contributed by atoms with van der Waals surface area (Å²) in [6.07, 6.45) is 0. The predicted octanol–water partition coefficient (Wildman–Crippen LogP) is 5.42. The van der Waals surface area contributed by atoms with Crippen molar-refractivity contribution in [3.63, 3.8) is 0 Å². The number of alkyl halides is 1. The van der Waals surface area contributed by atoms with Gasteiger partial charge in [0.15, 0.2) is 0 Å². The lowest BCUT2D eigenvalue weighted by molar-refractivity contribution is 0.608. The van der Waals surface area contributed by atoms with E-state index in [0.29, 0.717) is 16.1 Å². The third kappa shape index (κ3) is 2.52. The number of hydrogen-bond acceptors (Lipinski definition) is 0. The molecular formula is C15H13Cl2F. The average Bonchev–Trinajstić information content (AvgIpc) is 2.35. The second kappa shape index (κ2) is 5.29. The fourth-order valence-corrected chi connectivity index (χ4v) is 2.60. The summed E-state index contributed by atoms with van der Waals surface area (Å²) >= 11 is 12.5. The molecule has 18 heavy (non-hydrogen) atoms. The van der Waals surface area contributed by atoms with E-state index in [-0.39, 0.29) is 11.2 Å². The van der Waals surface area contributed by atoms with Crippen molar-refractivity contribution in [2.24, 2.45) is 0 Å². The summed E-state index contributed by atoms with van der Waals surface area (Å²) in [4.78, 5) is 0. The van der Waals surface area contributed by atoms with Crippen molar-refractivity contribution in [2.45, 2.75) is 19.2 Å². The van der Waals surface area contributed by atoms with Crippen LogP contribution in [0.15, 0.2) is 36.4 Å². The van der Waals surface area contributed by atoms with E-state index < -0.39 is 0 Å². The van der Waals surface area contributed by atoms with Crippen molar-refractivity contribution in [2.75, 3.05) is 0 Å². The Morgan fingerprint density at radius 2 is 1.61 bits per heavy atom. The summed E-state index contributed by atoms with van der Waals surface area (Å²) in [5.74, 6) is -0.179. The second-order valence-electron chi connectivity index (χ2n) is 4.35. The molecule has 1 unspecified atom stereocenters. The number of aryl methyl sites for hydroxylation is 2. The largest absolute Gasteiger partial charge is 0.206 e. The topological polar surface area (TPSA) is 0 Å². The average molecular weight is 283 g/mol. The molecule has 0 nitrogen and oxygen atoms in total. The van der Waals surface area contributed by atoms with Crippen LogP contribution in [0.1, 0.15) is 27.6 Å². The SMILES string of the molecule is Cc1cc(C(Cl)c2ccccc2Cl)cc(C)c1F. The summed E-state index contributed by atoms with van der Waals surface area (Å²) in [6, 6.07) is 11.0. The number of benzene rings is 2. The van der Waals surface area contributed by atoms with Crippen LogP contribution in [0.3, 0.4) is 0 Å². The molecule has 2 rings (SSSR count). The van der Waals surface area contributed by atoms with E-state index in [1.807, 2.05) is 18.2 Å². The predicted molar refractivity (Wildman–Crippen MR) is 75.0 cm³/mol. The highest BCUT2D eigenvalue weighted by atomic mass is 35.5. The highest BCUT2D eigenvalue weighted by Gasteiger charge is 2.16. The third-order valence-corrected chi connectivity index (χ3v) is 3.76. The Morgan fingerprint density at radius 1 is 1.06 bits per heavy atom. The van der Waals surface area contributed by atoms with Gasteiger partial charge in [-0.1, -0.05) is 41.9 Å². The Balaban J connectivity index is 2.47. The van der Waals surface area contributed by atoms with E-state index in [2.05, 4.69) is 0 Å². The molecule has 0 saturated heterocycles. The first-order chi connectivity index (χ1) is 8.50. The zero-order valence-electron chi connectivity index (χ0n) is 10.2. The molecule has 0 bridgehead atoms. The molecule has 0 aromatic heterocycles. The molecule has 2 aromatic rings. The number of hydrogen-bond donors (Lipinski definition) is 0. The third-order valence-electron chi connectivity index (χ3n) is 2.93. The van der Waals surface area contributed by atoms with Crippen molar-refractivity contribution in [3.8, 4) is 0 Å². The van der Waals surface area contributed by atoms with E-state index in [9.17, 15) is 4.39 Å². The first kappa shape index (κ1) is 13.4. The van der Waals surface area contributed by atoms with Gasteiger partial charge in [0.05, 0.1) is 5.38 Å². The van der Waals surface area contributed by atoms with Crippen LogP contribution in [0.2, 0.25) is 5.02 Å². The second-order valence-corrected chi connectivity index (χ2v) is 5.20. The Kier molecular flexibility index (Phi) is 3.94. The van der Waals surface area contributed by atoms with Crippen LogP contribution in [0.5, 0.6) is 0 Å². The van der Waals surface area contributed by atoms with Gasteiger partial charge >= 0.3 is 0 Å². The highest BCUT2D eigenvalue weighted by molar-refractivity contribution is 6.33. The minimum absolute atomic E-state index is 0.179. The summed E-state index contributed by atoms with van der Waals surface area (Å²) in [7, 11) is 0. The fraction of sp³-hybridized carbons (Fsp3) is 0.200. The lowest BCUT2D eigenvalue weighted by atomic mass is 9.99. The van der Waals surface area contributed by atoms with Crippen LogP contribution < -0.4 is 0 Å². The minimum atomic E-state index is -0.364. The summed E-state index contributed by atoms with van der Waals surface area (Å²) in [5, 5.41) is 0.258. The van der Waals surface area contributed by atoms with Gasteiger partial charge in [0, 0.05) is 5.02 Å². The van der Waals surface area contributed by atoms with Crippen molar-refractivity contribution in [3.05, 3.63) is 69.5 Å². The van der Waals surface area contributed by atoms with Gasteiger partial charge in [-0.3, -0.25) is 0 Å². The number of rotatable bonds is 2. The van der Waals surface area contributed by atoms with Crippen molar-refractivity contribution >= 4 is 23.2 Å². The first-order valence-electron chi connectivity index (χ1n) is 5.66. The summed E-state index contributed by atoms with van der Waals surface area (Å²) in [6.45, 7) is 3.48. The van der Waals surface area contributed by atoms with Gasteiger partial charge in [-0.25, -0.2) is 4.39 Å². The molecule has 0 aliphatic heterocycles. The molecule has 3 heteroatoms. The van der Waals surface area contributed by atoms with Crippen molar-refractivity contribution < 1.29 is 4.39 Å². The molecule has 0 N–H and O–H groups in total. The molecule has 0 radical (unpaired) electrons. The Hall–Kier alpha value is -1.05. The maximum atomic E-state index is 13.6. The maximum absolute atomic E-state index is 13.6. The summed E-state index contributed by atoms with van der Waals surface area (Å²) < 4.78 is 13.6. The van der Waals surface area contributed by atoms with Gasteiger partial charge in [0.2, 0.25) is 0 Å². The smallest absolute Gasteiger partial charge is 0.129 e. The van der Waals surface area contributed by atoms with Crippen LogP contribution in [0.25, 0.3) is 0 Å². The van der Waals surface area contributed by atoms with Gasteiger partial charge in [-0.15, -0.1) is 11.6 Å². The molecule has 94 valence electrons. The van der Waals surface area contributed by atoms with E-state index in [4.69, 9.17) is 23.2 Å². The van der Waals surface area contributed by atoms with Gasteiger partial charge < -0.3 is 0 Å². The van der Waals surface area contributed by atoms with Crippen LogP contribution in [-0.2, 0) is 0 Å². The Labute approximate surface area is 116 Å². The molecule has 0 fully saturated rings. The monoisotopic (exact) mass is 282 g/mol. The van der Waals surface area contributed by atoms with Crippen LogP contribution in [0, 0.1) is 19.7 Å². The van der Waals surface area contributed by atoms with E-state index in [1.54, 1.807) is 32.0 Å². The molecular weight excluding hydrogens is 270 g/mol. The molecule has 2 aromatic carbocycles. The fourth-order valence-electron chi connectivity index (χ4n) is 1.99. The zero-order chi connectivity index (χ0) is 13.3. The van der Waals surface area contributed by atoms with Crippen LogP contribution in [0.4, 0.5) is 4.39 Å². The molecule has 0 aliphatic carbocycles. The van der Waals surface area contributed by atoms with Gasteiger partial charge in [0.25, 0.3) is 0 Å². The molecule has 0 heterocycles. The highest BCUT2D eigenvalue weighted by Crippen LogP contribution is 2.34. The minimum Gasteiger partial charge on any atom is -0.206 e. The molecule has 0 spiro atoms. The first-order valence-corrected chi connectivity index (χ1v) is 6.47. The van der Waals surface area contributed by atoms with E-state index in [1.165, 1.54) is 0 Å². The van der Waals surface area contributed by atoms with Gasteiger partial charge in [0.1, 0.15) is 5.82 Å². The van der Waals surface area contributed by atoms with Gasteiger partial charge in [-0.2, -0.15) is 0 Å². The lowest BCUT2D eigenvalue weighted by Crippen LogP contribution is -1.98. The van der Waals surface area contributed by atoms with Crippen LogP contribution in [-0.4, -0.2) is 0 Å². The Bertz CT molecular complexity index is 555. The standard InChI is InChI=1S/C15H13Cl2F/c1-9-7-11(8-10(2)15(9)18)14(17)12-5-3-4-6-13(12)16/h3-8,14H,1-2H3. The van der Waals surface area contributed by atoms with E-state index >= 15 is 0 Å². The zero-order valence-corrected chi connectivity index (χ0v) is 11.7. The lowest BCUT2D eigenvalue weighted by Gasteiger charge is -2.14. The normalized spacial score (nSPS) is 12.5.